The molecule has 0 saturated heterocycles. The Hall–Kier alpha value is -2.33. The summed E-state index contributed by atoms with van der Waals surface area (Å²) in [7, 11) is 0. The summed E-state index contributed by atoms with van der Waals surface area (Å²) in [6.45, 7) is 2.83. The molecule has 1 amide bonds. The highest BCUT2D eigenvalue weighted by Gasteiger charge is 2.10. The largest absolute Gasteiger partial charge is 0.395 e. The van der Waals surface area contributed by atoms with Crippen molar-refractivity contribution >= 4 is 11.6 Å². The van der Waals surface area contributed by atoms with Crippen LogP contribution in [0, 0.1) is 6.92 Å². The van der Waals surface area contributed by atoms with Gasteiger partial charge in [0.25, 0.3) is 5.91 Å². The van der Waals surface area contributed by atoms with E-state index in [9.17, 15) is 4.79 Å². The summed E-state index contributed by atoms with van der Waals surface area (Å²) in [5.74, 6) is -0.162. The second-order valence-electron chi connectivity index (χ2n) is 4.80. The molecule has 0 radical (unpaired) electrons. The molecular formula is C17H20N2O2. The van der Waals surface area contributed by atoms with Gasteiger partial charge in [0.2, 0.25) is 0 Å². The van der Waals surface area contributed by atoms with Crippen LogP contribution in [0.1, 0.15) is 21.5 Å². The summed E-state index contributed by atoms with van der Waals surface area (Å²) >= 11 is 0. The molecule has 3 N–H and O–H groups in total. The smallest absolute Gasteiger partial charge is 0.251 e. The molecule has 0 unspecified atom stereocenters. The minimum absolute atomic E-state index is 0.0588. The summed E-state index contributed by atoms with van der Waals surface area (Å²) in [5.41, 5.74) is 3.66. The van der Waals surface area contributed by atoms with Crippen LogP contribution in [0.5, 0.6) is 0 Å². The first kappa shape index (κ1) is 15.1. The van der Waals surface area contributed by atoms with Gasteiger partial charge in [-0.2, -0.15) is 0 Å². The van der Waals surface area contributed by atoms with E-state index in [-0.39, 0.29) is 19.1 Å². The molecule has 0 aliphatic rings. The average molecular weight is 284 g/mol. The standard InChI is InChI=1S/C17H20N2O2/c1-13-15(17(21)18-10-11-20)8-5-9-16(13)19-12-14-6-3-2-4-7-14/h2-9,19-20H,10-12H2,1H3,(H,18,21). The highest BCUT2D eigenvalue weighted by molar-refractivity contribution is 5.97. The van der Waals surface area contributed by atoms with Gasteiger partial charge in [-0.1, -0.05) is 36.4 Å². The molecular weight excluding hydrogens is 264 g/mol. The summed E-state index contributed by atoms with van der Waals surface area (Å²) in [6.07, 6.45) is 0. The van der Waals surface area contributed by atoms with E-state index < -0.39 is 0 Å². The molecule has 0 heterocycles. The fourth-order valence-electron chi connectivity index (χ4n) is 2.13. The number of anilines is 1. The maximum absolute atomic E-state index is 12.0. The topological polar surface area (TPSA) is 61.4 Å². The number of hydrogen-bond donors (Lipinski definition) is 3. The molecule has 21 heavy (non-hydrogen) atoms. The van der Waals surface area contributed by atoms with Gasteiger partial charge < -0.3 is 15.7 Å². The Morgan fingerprint density at radius 2 is 1.86 bits per heavy atom. The van der Waals surface area contributed by atoms with E-state index in [0.717, 1.165) is 11.3 Å². The van der Waals surface area contributed by atoms with E-state index in [1.54, 1.807) is 6.07 Å². The van der Waals surface area contributed by atoms with Gasteiger partial charge in [-0.3, -0.25) is 4.79 Å². The van der Waals surface area contributed by atoms with Crippen LogP contribution in [0.3, 0.4) is 0 Å². The molecule has 4 nitrogen and oxygen atoms in total. The number of benzene rings is 2. The molecule has 4 heteroatoms. The highest BCUT2D eigenvalue weighted by atomic mass is 16.3. The van der Waals surface area contributed by atoms with Gasteiger partial charge in [0.1, 0.15) is 0 Å². The van der Waals surface area contributed by atoms with Crippen LogP contribution >= 0.6 is 0 Å². The van der Waals surface area contributed by atoms with Crippen molar-refractivity contribution in [2.24, 2.45) is 0 Å². The summed E-state index contributed by atoms with van der Waals surface area (Å²) in [5, 5.41) is 14.8. The molecule has 0 aromatic heterocycles. The number of aliphatic hydroxyl groups is 1. The van der Waals surface area contributed by atoms with Crippen LogP contribution in [0.2, 0.25) is 0 Å². The van der Waals surface area contributed by atoms with E-state index >= 15 is 0 Å². The molecule has 2 aromatic rings. The number of rotatable bonds is 6. The van der Waals surface area contributed by atoms with Gasteiger partial charge in [0, 0.05) is 24.3 Å². The van der Waals surface area contributed by atoms with E-state index in [2.05, 4.69) is 22.8 Å². The van der Waals surface area contributed by atoms with E-state index in [1.807, 2.05) is 37.3 Å². The van der Waals surface area contributed by atoms with Crippen LogP contribution in [-0.2, 0) is 6.54 Å². The lowest BCUT2D eigenvalue weighted by molar-refractivity contribution is 0.0944. The molecule has 110 valence electrons. The van der Waals surface area contributed by atoms with E-state index in [4.69, 9.17) is 5.11 Å². The molecule has 0 aliphatic heterocycles. The molecule has 0 saturated carbocycles. The maximum atomic E-state index is 12.0. The molecule has 0 spiro atoms. The highest BCUT2D eigenvalue weighted by Crippen LogP contribution is 2.19. The van der Waals surface area contributed by atoms with Crippen molar-refractivity contribution in [1.82, 2.24) is 5.32 Å². The Morgan fingerprint density at radius 3 is 2.57 bits per heavy atom. The third kappa shape index (κ3) is 4.07. The average Bonchev–Trinajstić information content (AvgIpc) is 2.52. The first-order valence-electron chi connectivity index (χ1n) is 6.99. The lowest BCUT2D eigenvalue weighted by Gasteiger charge is -2.13. The monoisotopic (exact) mass is 284 g/mol. The lowest BCUT2D eigenvalue weighted by atomic mass is 10.1. The summed E-state index contributed by atoms with van der Waals surface area (Å²) < 4.78 is 0. The Labute approximate surface area is 124 Å². The Kier molecular flexibility index (Phi) is 5.35. The van der Waals surface area contributed by atoms with Crippen molar-refractivity contribution in [3.8, 4) is 0 Å². The Balaban J connectivity index is 2.08. The minimum Gasteiger partial charge on any atom is -0.395 e. The van der Waals surface area contributed by atoms with Crippen molar-refractivity contribution in [3.63, 3.8) is 0 Å². The van der Waals surface area contributed by atoms with Gasteiger partial charge in [-0.05, 0) is 30.2 Å². The number of hydrogen-bond acceptors (Lipinski definition) is 3. The molecule has 0 bridgehead atoms. The van der Waals surface area contributed by atoms with Gasteiger partial charge in [0.15, 0.2) is 0 Å². The fourth-order valence-corrected chi connectivity index (χ4v) is 2.13. The fraction of sp³-hybridized carbons (Fsp3) is 0.235. The Bertz CT molecular complexity index is 597. The zero-order chi connectivity index (χ0) is 15.1. The predicted molar refractivity (Wildman–Crippen MR) is 84.4 cm³/mol. The lowest BCUT2D eigenvalue weighted by Crippen LogP contribution is -2.27. The zero-order valence-electron chi connectivity index (χ0n) is 12.1. The van der Waals surface area contributed by atoms with Crippen LogP contribution in [0.25, 0.3) is 0 Å². The van der Waals surface area contributed by atoms with Crippen molar-refractivity contribution in [3.05, 3.63) is 65.2 Å². The van der Waals surface area contributed by atoms with Crippen molar-refractivity contribution < 1.29 is 9.90 Å². The normalized spacial score (nSPS) is 10.2. The molecule has 0 aliphatic carbocycles. The third-order valence-electron chi connectivity index (χ3n) is 3.30. The quantitative estimate of drug-likeness (QED) is 0.763. The van der Waals surface area contributed by atoms with Crippen molar-refractivity contribution in [2.45, 2.75) is 13.5 Å². The molecule has 2 aromatic carbocycles. The number of carbonyl (C=O) groups is 1. The van der Waals surface area contributed by atoms with Crippen LogP contribution < -0.4 is 10.6 Å². The molecule has 0 fully saturated rings. The molecule has 2 rings (SSSR count). The first-order valence-corrected chi connectivity index (χ1v) is 6.99. The number of aliphatic hydroxyl groups excluding tert-OH is 1. The first-order chi connectivity index (χ1) is 10.2. The summed E-state index contributed by atoms with van der Waals surface area (Å²) in [4.78, 5) is 12.0. The number of carbonyl (C=O) groups excluding carboxylic acids is 1. The summed E-state index contributed by atoms with van der Waals surface area (Å²) in [6, 6.07) is 15.7. The second-order valence-corrected chi connectivity index (χ2v) is 4.80. The van der Waals surface area contributed by atoms with Crippen LogP contribution in [0.15, 0.2) is 48.5 Å². The Morgan fingerprint density at radius 1 is 1.10 bits per heavy atom. The molecule has 0 atom stereocenters. The van der Waals surface area contributed by atoms with Gasteiger partial charge in [0.05, 0.1) is 6.61 Å². The van der Waals surface area contributed by atoms with Crippen LogP contribution in [-0.4, -0.2) is 24.2 Å². The predicted octanol–water partition coefficient (Wildman–Crippen LogP) is 2.33. The van der Waals surface area contributed by atoms with Gasteiger partial charge in [-0.25, -0.2) is 0 Å². The number of amides is 1. The van der Waals surface area contributed by atoms with Gasteiger partial charge in [-0.15, -0.1) is 0 Å². The zero-order valence-corrected chi connectivity index (χ0v) is 12.1. The third-order valence-corrected chi connectivity index (χ3v) is 3.30. The van der Waals surface area contributed by atoms with Crippen LogP contribution in [0.4, 0.5) is 5.69 Å². The number of nitrogens with one attached hydrogen (secondary N) is 2. The minimum atomic E-state index is -0.162. The van der Waals surface area contributed by atoms with E-state index in [0.29, 0.717) is 12.1 Å². The maximum Gasteiger partial charge on any atom is 0.251 e. The SMILES string of the molecule is Cc1c(NCc2ccccc2)cccc1C(=O)NCCO. The van der Waals surface area contributed by atoms with Gasteiger partial charge >= 0.3 is 0 Å². The second kappa shape index (κ2) is 7.45. The van der Waals surface area contributed by atoms with Crippen molar-refractivity contribution in [1.29, 1.82) is 0 Å². The van der Waals surface area contributed by atoms with E-state index in [1.165, 1.54) is 5.56 Å². The van der Waals surface area contributed by atoms with Crippen molar-refractivity contribution in [2.75, 3.05) is 18.5 Å².